The van der Waals surface area contributed by atoms with E-state index >= 15 is 0 Å². The van der Waals surface area contributed by atoms with Crippen LogP contribution in [0.5, 0.6) is 17.2 Å². The number of carbonyl (C=O) groups is 4. The second-order valence-corrected chi connectivity index (χ2v) is 23.3. The van der Waals surface area contributed by atoms with E-state index in [0.717, 1.165) is 22.8 Å². The fourth-order valence-corrected chi connectivity index (χ4v) is 9.97. The maximum absolute atomic E-state index is 14.2. The molecule has 0 saturated heterocycles. The van der Waals surface area contributed by atoms with E-state index in [9.17, 15) is 32.3 Å². The zero-order valence-corrected chi connectivity index (χ0v) is 57.3. The maximum Gasteiger partial charge on any atom is 0.356 e. The number of nitrogen functional groups attached to an aromatic ring is 5. The van der Waals surface area contributed by atoms with Gasteiger partial charge in [-0.1, -0.05) is 129 Å². The highest BCUT2D eigenvalue weighted by Gasteiger charge is 2.26. The first kappa shape index (κ1) is 76.2. The van der Waals surface area contributed by atoms with E-state index in [2.05, 4.69) is 31.5 Å². The molecule has 0 atom stereocenters. The summed E-state index contributed by atoms with van der Waals surface area (Å²) >= 11 is 46.5. The molecule has 14 N–H and O–H groups in total. The third kappa shape index (κ3) is 17.9. The molecule has 10 aromatic rings. The number of anilines is 5. The highest BCUT2D eigenvalue weighted by atomic mass is 35.5. The number of pyridine rings is 5. The number of aromatic nitrogens is 5. The molecule has 99 heavy (non-hydrogen) atoms. The lowest BCUT2D eigenvalue weighted by Gasteiger charge is -2.13. The molecule has 6 heterocycles. The third-order valence-corrected chi connectivity index (χ3v) is 16.5. The standard InChI is InChI=1S/C15H14Cl2N2O2.C13H9Cl2FN2O2.C13H8ClFN2O4.C13H11ClN2O2.C12H7Cl2FN2O2/c1-8(20-2)15-14(17)11(18)7-12(19-15)10-5-4-9(16)6-13(10)21-3;1-5-7(14)3-2-6(11(5)16)9-4-8(17)10(15)12(18-9)13(19)20;14-8-10(16)9(15)11(17-12(8)13(18)19)5-1-2-6-7(3-5)21-4-20-6;1-7-2-4-8(5-3-7)10-6-9(15)11(14)12(16-10)13(17)18;13-5-1-2-6(7(15)3-5)9-4-8(16)10(14)11(17-9)12(18)19/h4-7H,1H2,2-3H3,(H2,18,19);2-4H,1H3,(H2,17,18)(H,19,20);1-3H,4H2,(H2,16,17)(H,18,19);2-6H,1H3,(H2,15,16)(H,17,18);1-4H,(H2,16,17)(H,18,19). The Morgan fingerprint density at radius 3 is 1.40 bits per heavy atom. The van der Waals surface area contributed by atoms with E-state index in [1.165, 1.54) is 62.6 Å². The van der Waals surface area contributed by atoms with Crippen LogP contribution in [-0.2, 0) is 4.74 Å². The molecule has 512 valence electrons. The van der Waals surface area contributed by atoms with Gasteiger partial charge in [-0.3, -0.25) is 0 Å². The molecule has 1 aliphatic heterocycles. The molecule has 0 radical (unpaired) electrons. The molecular weight excluding hydrogens is 1470 g/mol. The summed E-state index contributed by atoms with van der Waals surface area (Å²) in [5.41, 5.74) is 31.8. The van der Waals surface area contributed by atoms with Crippen molar-refractivity contribution in [3.05, 3.63) is 219 Å². The second-order valence-electron chi connectivity index (χ2n) is 20.2. The Bertz CT molecular complexity index is 4870. The normalized spacial score (nSPS) is 10.9. The van der Waals surface area contributed by atoms with Crippen molar-refractivity contribution in [1.29, 1.82) is 0 Å². The van der Waals surface area contributed by atoms with Crippen LogP contribution in [0.3, 0.4) is 0 Å². The van der Waals surface area contributed by atoms with E-state index in [4.69, 9.17) is 161 Å². The van der Waals surface area contributed by atoms with Crippen molar-refractivity contribution in [1.82, 2.24) is 24.9 Å². The zero-order chi connectivity index (χ0) is 73.2. The largest absolute Gasteiger partial charge is 0.496 e. The van der Waals surface area contributed by atoms with Crippen molar-refractivity contribution in [3.63, 3.8) is 0 Å². The number of fused-ring (bicyclic) bond motifs is 1. The lowest BCUT2D eigenvalue weighted by molar-refractivity contribution is 0.0680. The molecule has 0 aliphatic carbocycles. The number of nitrogens with zero attached hydrogens (tertiary/aromatic N) is 5. The van der Waals surface area contributed by atoms with Gasteiger partial charge in [0.05, 0.1) is 90.5 Å². The van der Waals surface area contributed by atoms with Crippen LogP contribution in [0.1, 0.15) is 58.8 Å². The Labute approximate surface area is 599 Å². The highest BCUT2D eigenvalue weighted by Crippen LogP contribution is 2.41. The van der Waals surface area contributed by atoms with E-state index in [0.29, 0.717) is 61.4 Å². The van der Waals surface area contributed by atoms with E-state index in [-0.39, 0.29) is 88.4 Å². The fourth-order valence-electron chi connectivity index (χ4n) is 8.56. The highest BCUT2D eigenvalue weighted by molar-refractivity contribution is 6.38. The zero-order valence-electron chi connectivity index (χ0n) is 51.2. The average Bonchev–Trinajstić information content (AvgIpc) is 1.59. The van der Waals surface area contributed by atoms with Gasteiger partial charge in [0.1, 0.15) is 34.5 Å². The summed E-state index contributed by atoms with van der Waals surface area (Å²) in [6.45, 7) is 7.31. The number of benzene rings is 5. The molecule has 33 heteroatoms. The van der Waals surface area contributed by atoms with Gasteiger partial charge in [0.15, 0.2) is 40.1 Å². The van der Waals surface area contributed by atoms with Gasteiger partial charge >= 0.3 is 23.9 Å². The number of nitrogens with two attached hydrogens (primary N) is 5. The monoisotopic (exact) mass is 1510 g/mol. The first-order valence-electron chi connectivity index (χ1n) is 27.5. The third-order valence-electron chi connectivity index (χ3n) is 13.6. The molecule has 0 spiro atoms. The van der Waals surface area contributed by atoms with Crippen molar-refractivity contribution >= 4 is 151 Å². The minimum atomic E-state index is -1.39. The number of aromatic carboxylic acids is 4. The Hall–Kier alpha value is -10.2. The summed E-state index contributed by atoms with van der Waals surface area (Å²) < 4.78 is 62.9. The second kappa shape index (κ2) is 32.9. The Morgan fingerprint density at radius 1 is 0.475 bits per heavy atom. The summed E-state index contributed by atoms with van der Waals surface area (Å²) in [6.07, 6.45) is 0. The van der Waals surface area contributed by atoms with Crippen molar-refractivity contribution in [2.75, 3.05) is 49.7 Å². The van der Waals surface area contributed by atoms with Crippen LogP contribution in [0.4, 0.5) is 41.6 Å². The topological polar surface area (TPSA) is 381 Å². The van der Waals surface area contributed by atoms with Crippen LogP contribution in [0.2, 0.25) is 40.2 Å². The molecule has 0 fully saturated rings. The number of aryl methyl sites for hydroxylation is 1. The van der Waals surface area contributed by atoms with Gasteiger partial charge < -0.3 is 68.0 Å². The number of hydrogen-bond acceptors (Lipinski definition) is 18. The van der Waals surface area contributed by atoms with E-state index in [1.807, 2.05) is 31.2 Å². The van der Waals surface area contributed by atoms with Crippen molar-refractivity contribution in [3.8, 4) is 73.5 Å². The van der Waals surface area contributed by atoms with Crippen molar-refractivity contribution in [2.24, 2.45) is 0 Å². The quantitative estimate of drug-likeness (QED) is 0.0513. The average molecular weight is 1510 g/mol. The van der Waals surface area contributed by atoms with Gasteiger partial charge in [-0.15, -0.1) is 0 Å². The summed E-state index contributed by atoms with van der Waals surface area (Å²) in [5.74, 6) is -5.51. The van der Waals surface area contributed by atoms with E-state index < -0.39 is 69.1 Å². The van der Waals surface area contributed by atoms with Gasteiger partial charge in [0.25, 0.3) is 0 Å². The van der Waals surface area contributed by atoms with Gasteiger partial charge in [-0.05, 0) is 105 Å². The van der Waals surface area contributed by atoms with Crippen LogP contribution < -0.4 is 42.9 Å². The number of rotatable bonds is 12. The van der Waals surface area contributed by atoms with Gasteiger partial charge in [-0.2, -0.15) is 0 Å². The van der Waals surface area contributed by atoms with Gasteiger partial charge in [-0.25, -0.2) is 57.3 Å². The lowest BCUT2D eigenvalue weighted by atomic mass is 10.1. The molecule has 0 amide bonds. The fraction of sp³-hybridized carbons (Fsp3) is 0.0758. The Kier molecular flexibility index (Phi) is 25.3. The van der Waals surface area contributed by atoms with Crippen LogP contribution in [-0.4, -0.2) is 90.2 Å². The number of carboxylic acids is 4. The molecule has 1 aliphatic rings. The Morgan fingerprint density at radius 2 is 0.899 bits per heavy atom. The Balaban J connectivity index is 0.000000174. The molecule has 5 aromatic carbocycles. The molecular formula is C66H49Cl8F3N10O12. The number of methoxy groups -OCH3 is 2. The summed E-state index contributed by atoms with van der Waals surface area (Å²) in [6, 6.07) is 30.1. The minimum absolute atomic E-state index is 0.0124. The van der Waals surface area contributed by atoms with Crippen LogP contribution in [0, 0.1) is 31.3 Å². The lowest BCUT2D eigenvalue weighted by Crippen LogP contribution is -2.08. The van der Waals surface area contributed by atoms with Gasteiger partial charge in [0.2, 0.25) is 6.79 Å². The number of halogens is 11. The van der Waals surface area contributed by atoms with Crippen molar-refractivity contribution < 1.29 is 71.7 Å². The maximum atomic E-state index is 14.2. The molecule has 22 nitrogen and oxygen atoms in total. The first-order chi connectivity index (χ1) is 46.7. The van der Waals surface area contributed by atoms with Crippen LogP contribution in [0.15, 0.2) is 122 Å². The number of hydrogen-bond donors (Lipinski definition) is 9. The smallest absolute Gasteiger partial charge is 0.356 e. The van der Waals surface area contributed by atoms with E-state index in [1.54, 1.807) is 43.5 Å². The van der Waals surface area contributed by atoms with Crippen molar-refractivity contribution in [2.45, 2.75) is 13.8 Å². The predicted octanol–water partition coefficient (Wildman–Crippen LogP) is 17.1. The molecule has 11 rings (SSSR count). The summed E-state index contributed by atoms with van der Waals surface area (Å²) in [4.78, 5) is 64.0. The molecule has 0 saturated carbocycles. The first-order valence-corrected chi connectivity index (χ1v) is 30.6. The van der Waals surface area contributed by atoms with Gasteiger partial charge in [0, 0.05) is 48.4 Å². The van der Waals surface area contributed by atoms with Crippen LogP contribution >= 0.6 is 92.8 Å². The number of carboxylic acid groups (broad SMARTS) is 4. The molecule has 5 aromatic heterocycles. The number of ether oxygens (including phenoxy) is 4. The molecule has 0 bridgehead atoms. The minimum Gasteiger partial charge on any atom is -0.496 e. The SMILES string of the molecule is C=C(OC)c1nc(-c2ccc(Cl)cc2OC)cc(N)c1Cl.Cc1c(Cl)ccc(-c2cc(N)c(Cl)c(C(=O)O)n2)c1F.Cc1ccc(-c2cc(N)c(Cl)c(C(=O)O)n2)cc1.Nc1c(F)c(-c2ccc3c(c2)OCO3)nc(C(=O)O)c1Cl.Nc1cc(-c2ccc(Cl)cc2F)nc(C(=O)O)c1Cl. The predicted molar refractivity (Wildman–Crippen MR) is 376 cm³/mol. The van der Waals surface area contributed by atoms with Crippen LogP contribution in [0.25, 0.3) is 62.0 Å². The summed E-state index contributed by atoms with van der Waals surface area (Å²) in [7, 11) is 3.05. The summed E-state index contributed by atoms with van der Waals surface area (Å²) in [5, 5.41) is 36.6. The molecule has 0 unspecified atom stereocenters.